The normalized spacial score (nSPS) is 19.9. The molecule has 0 aromatic rings. The number of hydrogen-bond acceptors (Lipinski definition) is 4. The molecule has 1 saturated heterocycles. The first-order chi connectivity index (χ1) is 8.99. The zero-order valence-electron chi connectivity index (χ0n) is 13.0. The van der Waals surface area contributed by atoms with Crippen molar-refractivity contribution in [2.45, 2.75) is 64.7 Å². The summed E-state index contributed by atoms with van der Waals surface area (Å²) >= 11 is 0. The second-order valence-corrected chi connectivity index (χ2v) is 6.86. The number of carbonyl (C=O) groups is 2. The van der Waals surface area contributed by atoms with Crippen LogP contribution in [0.1, 0.15) is 47.5 Å². The third kappa shape index (κ3) is 5.36. The van der Waals surface area contributed by atoms with Gasteiger partial charge in [0, 0.05) is 13.1 Å². The molecule has 1 heterocycles. The maximum Gasteiger partial charge on any atom is 0.410 e. The SMILES string of the molecule is CC(C)(O)CNC(=O)[C@@H]1CCCN1C(=O)OC(C)(C)C. The number of ether oxygens (including phenoxy) is 1. The first-order valence-corrected chi connectivity index (χ1v) is 6.99. The number of hydrogen-bond donors (Lipinski definition) is 2. The van der Waals surface area contributed by atoms with Crippen LogP contribution >= 0.6 is 0 Å². The van der Waals surface area contributed by atoms with Crippen LogP contribution in [-0.4, -0.2) is 52.3 Å². The summed E-state index contributed by atoms with van der Waals surface area (Å²) in [6, 6.07) is -0.507. The molecule has 1 rings (SSSR count). The van der Waals surface area contributed by atoms with Gasteiger partial charge in [0.15, 0.2) is 0 Å². The maximum atomic E-state index is 12.1. The molecule has 0 aliphatic carbocycles. The molecule has 20 heavy (non-hydrogen) atoms. The van der Waals surface area contributed by atoms with E-state index >= 15 is 0 Å². The van der Waals surface area contributed by atoms with Gasteiger partial charge in [-0.2, -0.15) is 0 Å². The van der Waals surface area contributed by atoms with E-state index in [0.717, 1.165) is 6.42 Å². The Bertz CT molecular complexity index is 368. The highest BCUT2D eigenvalue weighted by molar-refractivity contribution is 5.86. The number of nitrogens with zero attached hydrogens (tertiary/aromatic N) is 1. The minimum atomic E-state index is -0.967. The number of likely N-dealkylation sites (tertiary alicyclic amines) is 1. The predicted molar refractivity (Wildman–Crippen MR) is 75.3 cm³/mol. The molecule has 0 spiro atoms. The van der Waals surface area contributed by atoms with Crippen molar-refractivity contribution in [3.8, 4) is 0 Å². The van der Waals surface area contributed by atoms with Crippen molar-refractivity contribution >= 4 is 12.0 Å². The Hall–Kier alpha value is -1.30. The Morgan fingerprint density at radius 1 is 1.30 bits per heavy atom. The average molecular weight is 286 g/mol. The lowest BCUT2D eigenvalue weighted by Crippen LogP contribution is -2.50. The van der Waals surface area contributed by atoms with Crippen LogP contribution in [-0.2, 0) is 9.53 Å². The molecule has 0 unspecified atom stereocenters. The van der Waals surface area contributed by atoms with Gasteiger partial charge in [-0.3, -0.25) is 9.69 Å². The number of aliphatic hydroxyl groups is 1. The zero-order chi connectivity index (χ0) is 15.6. The third-order valence-electron chi connectivity index (χ3n) is 2.88. The first kappa shape index (κ1) is 16.8. The van der Waals surface area contributed by atoms with Crippen LogP contribution in [0.5, 0.6) is 0 Å². The van der Waals surface area contributed by atoms with E-state index in [-0.39, 0.29) is 12.5 Å². The van der Waals surface area contributed by atoms with Crippen molar-refractivity contribution in [3.05, 3.63) is 0 Å². The standard InChI is InChI=1S/C14H26N2O4/c1-13(2,3)20-12(18)16-8-6-7-10(16)11(17)15-9-14(4,5)19/h10,19H,6-9H2,1-5H3,(H,15,17)/t10-/m0/s1. The molecule has 0 saturated carbocycles. The molecule has 0 radical (unpaired) electrons. The van der Waals surface area contributed by atoms with Gasteiger partial charge in [-0.15, -0.1) is 0 Å². The van der Waals surface area contributed by atoms with Gasteiger partial charge in [0.2, 0.25) is 5.91 Å². The summed E-state index contributed by atoms with van der Waals surface area (Å²) in [6.45, 7) is 9.31. The largest absolute Gasteiger partial charge is 0.444 e. The lowest BCUT2D eigenvalue weighted by atomic mass is 10.1. The highest BCUT2D eigenvalue weighted by Gasteiger charge is 2.36. The van der Waals surface area contributed by atoms with Crippen LogP contribution in [0.4, 0.5) is 4.79 Å². The highest BCUT2D eigenvalue weighted by Crippen LogP contribution is 2.21. The van der Waals surface area contributed by atoms with Gasteiger partial charge in [0.05, 0.1) is 5.60 Å². The Balaban J connectivity index is 2.60. The fraction of sp³-hybridized carbons (Fsp3) is 0.857. The summed E-state index contributed by atoms with van der Waals surface area (Å²) in [6.07, 6.45) is 0.940. The molecule has 1 aliphatic rings. The van der Waals surface area contributed by atoms with Crippen molar-refractivity contribution in [2.24, 2.45) is 0 Å². The van der Waals surface area contributed by atoms with E-state index in [1.807, 2.05) is 0 Å². The fourth-order valence-electron chi connectivity index (χ4n) is 2.00. The first-order valence-electron chi connectivity index (χ1n) is 6.99. The second kappa shape index (κ2) is 5.99. The number of amides is 2. The molecule has 0 bridgehead atoms. The smallest absolute Gasteiger partial charge is 0.410 e. The zero-order valence-corrected chi connectivity index (χ0v) is 13.0. The minimum Gasteiger partial charge on any atom is -0.444 e. The van der Waals surface area contributed by atoms with Crippen molar-refractivity contribution in [2.75, 3.05) is 13.1 Å². The van der Waals surface area contributed by atoms with E-state index in [1.165, 1.54) is 4.90 Å². The van der Waals surface area contributed by atoms with E-state index in [9.17, 15) is 14.7 Å². The average Bonchev–Trinajstić information content (AvgIpc) is 2.71. The van der Waals surface area contributed by atoms with Gasteiger partial charge in [0.25, 0.3) is 0 Å². The van der Waals surface area contributed by atoms with E-state index in [2.05, 4.69) is 5.32 Å². The Labute approximate surface area is 120 Å². The molecule has 1 aliphatic heterocycles. The molecule has 6 nitrogen and oxygen atoms in total. The third-order valence-corrected chi connectivity index (χ3v) is 2.88. The number of rotatable bonds is 3. The summed E-state index contributed by atoms with van der Waals surface area (Å²) in [5, 5.41) is 12.3. The van der Waals surface area contributed by atoms with Crippen LogP contribution in [0.2, 0.25) is 0 Å². The lowest BCUT2D eigenvalue weighted by molar-refractivity contribution is -0.126. The van der Waals surface area contributed by atoms with Crippen LogP contribution < -0.4 is 5.32 Å². The molecule has 2 amide bonds. The van der Waals surface area contributed by atoms with Crippen LogP contribution in [0.25, 0.3) is 0 Å². The van der Waals surface area contributed by atoms with Crippen LogP contribution in [0.15, 0.2) is 0 Å². The fourth-order valence-corrected chi connectivity index (χ4v) is 2.00. The number of carbonyl (C=O) groups excluding carboxylic acids is 2. The second-order valence-electron chi connectivity index (χ2n) is 6.86. The number of nitrogens with one attached hydrogen (secondary N) is 1. The van der Waals surface area contributed by atoms with Gasteiger partial charge in [-0.1, -0.05) is 0 Å². The van der Waals surface area contributed by atoms with Gasteiger partial charge in [-0.25, -0.2) is 4.79 Å². The van der Waals surface area contributed by atoms with Crippen LogP contribution in [0, 0.1) is 0 Å². The highest BCUT2D eigenvalue weighted by atomic mass is 16.6. The molecule has 6 heteroatoms. The van der Waals surface area contributed by atoms with E-state index in [4.69, 9.17) is 4.74 Å². The van der Waals surface area contributed by atoms with E-state index < -0.39 is 23.3 Å². The van der Waals surface area contributed by atoms with E-state index in [1.54, 1.807) is 34.6 Å². The van der Waals surface area contributed by atoms with Gasteiger partial charge < -0.3 is 15.2 Å². The monoisotopic (exact) mass is 286 g/mol. The van der Waals surface area contributed by atoms with Crippen molar-refractivity contribution in [1.29, 1.82) is 0 Å². The maximum absolute atomic E-state index is 12.1. The van der Waals surface area contributed by atoms with Gasteiger partial charge in [-0.05, 0) is 47.5 Å². The Morgan fingerprint density at radius 3 is 2.40 bits per heavy atom. The Morgan fingerprint density at radius 2 is 1.90 bits per heavy atom. The van der Waals surface area contributed by atoms with Gasteiger partial charge in [0.1, 0.15) is 11.6 Å². The lowest BCUT2D eigenvalue weighted by Gasteiger charge is -2.28. The Kier molecular flexibility index (Phi) is 5.02. The topological polar surface area (TPSA) is 78.9 Å². The van der Waals surface area contributed by atoms with Crippen molar-refractivity contribution in [1.82, 2.24) is 10.2 Å². The van der Waals surface area contributed by atoms with E-state index in [0.29, 0.717) is 13.0 Å². The quantitative estimate of drug-likeness (QED) is 0.819. The minimum absolute atomic E-state index is 0.157. The van der Waals surface area contributed by atoms with Crippen molar-refractivity contribution < 1.29 is 19.4 Å². The predicted octanol–water partition coefficient (Wildman–Crippen LogP) is 1.27. The summed E-state index contributed by atoms with van der Waals surface area (Å²) in [7, 11) is 0. The summed E-state index contributed by atoms with van der Waals surface area (Å²) < 4.78 is 5.31. The van der Waals surface area contributed by atoms with Gasteiger partial charge >= 0.3 is 6.09 Å². The molecule has 1 atom stereocenters. The van der Waals surface area contributed by atoms with Crippen molar-refractivity contribution in [3.63, 3.8) is 0 Å². The molecule has 0 aromatic heterocycles. The molecule has 1 fully saturated rings. The molecule has 0 aromatic carbocycles. The molecule has 2 N–H and O–H groups in total. The molecular weight excluding hydrogens is 260 g/mol. The van der Waals surface area contributed by atoms with Crippen LogP contribution in [0.3, 0.4) is 0 Å². The summed E-state index contributed by atoms with van der Waals surface area (Å²) in [5.74, 6) is -0.240. The summed E-state index contributed by atoms with van der Waals surface area (Å²) in [5.41, 5.74) is -1.54. The molecule has 116 valence electrons. The summed E-state index contributed by atoms with van der Waals surface area (Å²) in [4.78, 5) is 25.6. The molecular formula is C14H26N2O4.